The molecule has 1 aromatic carbocycles. The molecule has 5 heteroatoms. The summed E-state index contributed by atoms with van der Waals surface area (Å²) in [4.78, 5) is 11.0. The first-order valence-corrected chi connectivity index (χ1v) is 11.9. The number of hydrogen-bond donors (Lipinski definition) is 0. The van der Waals surface area contributed by atoms with Gasteiger partial charge in [0, 0.05) is 0 Å². The molecule has 0 saturated heterocycles. The number of rotatable bonds is 8. The Morgan fingerprint density at radius 1 is 1.15 bits per heavy atom. The van der Waals surface area contributed by atoms with Gasteiger partial charge in [-0.3, -0.25) is 0 Å². The average molecular weight is 377 g/mol. The zero-order chi connectivity index (χ0) is 19.6. The first-order valence-electron chi connectivity index (χ1n) is 8.96. The number of hydrogen-bond acceptors (Lipinski definition) is 4. The molecule has 0 unspecified atom stereocenters. The van der Waals surface area contributed by atoms with Gasteiger partial charge in [-0.25, -0.2) is 4.79 Å². The third-order valence-corrected chi connectivity index (χ3v) is 8.91. The van der Waals surface area contributed by atoms with Crippen LogP contribution in [-0.4, -0.2) is 28.2 Å². The maximum Gasteiger partial charge on any atom is 0.508 e. The minimum Gasteiger partial charge on any atom is -0.544 e. The van der Waals surface area contributed by atoms with Crippen molar-refractivity contribution in [1.29, 1.82) is 0 Å². The van der Waals surface area contributed by atoms with Crippen molar-refractivity contribution in [2.24, 2.45) is 0 Å². The van der Waals surface area contributed by atoms with Gasteiger partial charge in [-0.2, -0.15) is 0 Å². The minimum absolute atomic E-state index is 0.113. The molecule has 1 rings (SSSR count). The molecular weight excluding hydrogens is 344 g/mol. The summed E-state index contributed by atoms with van der Waals surface area (Å²) in [6, 6.07) is 10.4. The highest BCUT2D eigenvalue weighted by molar-refractivity contribution is 6.74. The van der Waals surface area contributed by atoms with Crippen molar-refractivity contribution >= 4 is 14.5 Å². The molecule has 26 heavy (non-hydrogen) atoms. The van der Waals surface area contributed by atoms with E-state index in [-0.39, 0.29) is 11.6 Å². The van der Waals surface area contributed by atoms with Crippen molar-refractivity contribution in [3.05, 3.63) is 59.9 Å². The number of aryl methyl sites for hydroxylation is 1. The molecule has 0 amide bonds. The number of ether oxygens (including phenoxy) is 2. The van der Waals surface area contributed by atoms with Gasteiger partial charge >= 0.3 is 6.16 Å². The van der Waals surface area contributed by atoms with E-state index in [1.807, 2.05) is 12.1 Å². The Kier molecular flexibility index (Phi) is 8.65. The maximum absolute atomic E-state index is 11.0. The Bertz CT molecular complexity index is 613. The minimum atomic E-state index is -1.94. The van der Waals surface area contributed by atoms with E-state index in [2.05, 4.69) is 68.9 Å². The molecule has 0 aliphatic heterocycles. The molecule has 0 atom stereocenters. The number of carbonyl (C=O) groups excluding carboxylic acids is 1. The summed E-state index contributed by atoms with van der Waals surface area (Å²) >= 11 is 0. The van der Waals surface area contributed by atoms with Crippen LogP contribution in [0.2, 0.25) is 18.1 Å². The van der Waals surface area contributed by atoms with Crippen LogP contribution >= 0.6 is 0 Å². The van der Waals surface area contributed by atoms with Gasteiger partial charge in [0.05, 0.1) is 12.9 Å². The van der Waals surface area contributed by atoms with Crippen molar-refractivity contribution < 1.29 is 18.7 Å². The zero-order valence-electron chi connectivity index (χ0n) is 16.9. The van der Waals surface area contributed by atoms with Crippen LogP contribution in [0.15, 0.2) is 54.3 Å². The van der Waals surface area contributed by atoms with E-state index in [1.165, 1.54) is 12.7 Å². The fourth-order valence-corrected chi connectivity index (χ4v) is 3.00. The topological polar surface area (TPSA) is 44.8 Å². The van der Waals surface area contributed by atoms with E-state index in [0.717, 1.165) is 18.6 Å². The summed E-state index contributed by atoms with van der Waals surface area (Å²) in [5, 5.41) is 0.113. The molecule has 0 bridgehead atoms. The lowest BCUT2D eigenvalue weighted by atomic mass is 10.1. The third-order valence-electron chi connectivity index (χ3n) is 4.55. The van der Waals surface area contributed by atoms with Gasteiger partial charge in [-0.15, -0.1) is 0 Å². The van der Waals surface area contributed by atoms with E-state index in [1.54, 1.807) is 6.08 Å². The summed E-state index contributed by atoms with van der Waals surface area (Å²) in [6.45, 7) is 11.2. The highest BCUT2D eigenvalue weighted by Crippen LogP contribution is 2.38. The quantitative estimate of drug-likeness (QED) is 0.246. The van der Waals surface area contributed by atoms with Crippen LogP contribution in [0.25, 0.3) is 0 Å². The van der Waals surface area contributed by atoms with Gasteiger partial charge in [0.25, 0.3) is 0 Å². The summed E-state index contributed by atoms with van der Waals surface area (Å²) in [5.41, 5.74) is 1.30. The van der Waals surface area contributed by atoms with Crippen LogP contribution < -0.4 is 0 Å². The van der Waals surface area contributed by atoms with Crippen LogP contribution in [0.1, 0.15) is 32.8 Å². The van der Waals surface area contributed by atoms with Gasteiger partial charge < -0.3 is 13.9 Å². The van der Waals surface area contributed by atoms with E-state index < -0.39 is 14.5 Å². The lowest BCUT2D eigenvalue weighted by molar-refractivity contribution is 0.0817. The number of benzene rings is 1. The summed E-state index contributed by atoms with van der Waals surface area (Å²) in [5.74, 6) is 0.834. The molecule has 0 aliphatic rings. The van der Waals surface area contributed by atoms with Gasteiger partial charge in [0.1, 0.15) is 6.61 Å². The van der Waals surface area contributed by atoms with Crippen molar-refractivity contribution in [3.63, 3.8) is 0 Å². The van der Waals surface area contributed by atoms with E-state index in [9.17, 15) is 4.79 Å². The second-order valence-electron chi connectivity index (χ2n) is 7.66. The Hall–Kier alpha value is -2.01. The Balaban J connectivity index is 2.78. The lowest BCUT2D eigenvalue weighted by Crippen LogP contribution is -2.40. The number of methoxy groups -OCH3 is 1. The molecule has 0 N–H and O–H groups in total. The van der Waals surface area contributed by atoms with Gasteiger partial charge in [-0.1, -0.05) is 51.1 Å². The van der Waals surface area contributed by atoms with Crippen molar-refractivity contribution in [3.8, 4) is 0 Å². The zero-order valence-corrected chi connectivity index (χ0v) is 17.9. The standard InChI is InChI=1S/C21H32O4Si/c1-21(2,3)26(5,6)25-19(16-11-17-24-20(22)23-4)15-10-14-18-12-8-7-9-13-18/h7-9,11-13,15-16H,10,14,17H2,1-6H3/b16-11+,19-15-. The molecule has 0 aliphatic carbocycles. The highest BCUT2D eigenvalue weighted by Gasteiger charge is 2.39. The molecule has 0 heterocycles. The van der Waals surface area contributed by atoms with E-state index >= 15 is 0 Å². The van der Waals surface area contributed by atoms with Gasteiger partial charge in [-0.05, 0) is 54.8 Å². The highest BCUT2D eigenvalue weighted by atomic mass is 28.4. The Labute approximate surface area is 159 Å². The molecular formula is C21H32O4Si. The molecule has 0 aromatic heterocycles. The maximum atomic E-state index is 11.0. The molecule has 1 aromatic rings. The lowest BCUT2D eigenvalue weighted by Gasteiger charge is -2.36. The summed E-state index contributed by atoms with van der Waals surface area (Å²) in [6.07, 6.45) is 6.93. The van der Waals surface area contributed by atoms with Crippen molar-refractivity contribution in [2.75, 3.05) is 13.7 Å². The predicted octanol–water partition coefficient (Wildman–Crippen LogP) is 5.86. The average Bonchev–Trinajstić information content (AvgIpc) is 2.57. The Morgan fingerprint density at radius 3 is 2.38 bits per heavy atom. The first-order chi connectivity index (χ1) is 12.2. The normalized spacial score (nSPS) is 12.9. The molecule has 4 nitrogen and oxygen atoms in total. The fraction of sp³-hybridized carbons (Fsp3) is 0.476. The SMILES string of the molecule is COC(=O)OC/C=C/C(=C/CCc1ccccc1)O[Si](C)(C)C(C)(C)C. The van der Waals surface area contributed by atoms with Crippen LogP contribution in [-0.2, 0) is 20.3 Å². The number of allylic oxidation sites excluding steroid dienone is 2. The molecule has 144 valence electrons. The smallest absolute Gasteiger partial charge is 0.508 e. The molecule has 0 saturated carbocycles. The van der Waals surface area contributed by atoms with Gasteiger partial charge in [0.15, 0.2) is 0 Å². The van der Waals surface area contributed by atoms with Crippen LogP contribution in [0.4, 0.5) is 4.79 Å². The Morgan fingerprint density at radius 2 is 1.81 bits per heavy atom. The van der Waals surface area contributed by atoms with Crippen LogP contribution in [0, 0.1) is 0 Å². The van der Waals surface area contributed by atoms with Crippen molar-refractivity contribution in [2.45, 2.75) is 51.7 Å². The molecule has 0 spiro atoms. The largest absolute Gasteiger partial charge is 0.544 e. The third kappa shape index (κ3) is 7.91. The molecule has 0 radical (unpaired) electrons. The van der Waals surface area contributed by atoms with E-state index in [4.69, 9.17) is 9.16 Å². The summed E-state index contributed by atoms with van der Waals surface area (Å²) in [7, 11) is -0.645. The fourth-order valence-electron chi connectivity index (χ4n) is 1.96. The second kappa shape index (κ2) is 10.2. The predicted molar refractivity (Wildman–Crippen MR) is 109 cm³/mol. The number of carbonyl (C=O) groups is 1. The van der Waals surface area contributed by atoms with E-state index in [0.29, 0.717) is 0 Å². The van der Waals surface area contributed by atoms with Crippen molar-refractivity contribution in [1.82, 2.24) is 0 Å². The first kappa shape index (κ1) is 22.0. The molecule has 0 fully saturated rings. The van der Waals surface area contributed by atoms with Crippen LogP contribution in [0.5, 0.6) is 0 Å². The summed E-state index contributed by atoms with van der Waals surface area (Å²) < 4.78 is 15.8. The monoisotopic (exact) mass is 376 g/mol. The second-order valence-corrected chi connectivity index (χ2v) is 12.4. The van der Waals surface area contributed by atoms with Gasteiger partial charge in [0.2, 0.25) is 8.32 Å². The van der Waals surface area contributed by atoms with Crippen LogP contribution in [0.3, 0.4) is 0 Å².